The predicted molar refractivity (Wildman–Crippen MR) is 100 cm³/mol. The maximum atomic E-state index is 12.7. The molecule has 2 N–H and O–H groups in total. The van der Waals surface area contributed by atoms with E-state index in [9.17, 15) is 25.4 Å². The van der Waals surface area contributed by atoms with Crippen LogP contribution in [0.4, 0.5) is 0 Å². The Kier molecular flexibility index (Phi) is 6.19. The number of rotatable bonds is 4. The Labute approximate surface area is 163 Å². The summed E-state index contributed by atoms with van der Waals surface area (Å²) in [5.41, 5.74) is -1.50. The molecule has 1 aliphatic carbocycles. The highest BCUT2D eigenvalue weighted by Gasteiger charge is 2.45. The predicted octanol–water partition coefficient (Wildman–Crippen LogP) is 2.48. The molecule has 2 aliphatic rings. The van der Waals surface area contributed by atoms with Crippen molar-refractivity contribution in [1.82, 2.24) is 10.6 Å². The van der Waals surface area contributed by atoms with Crippen molar-refractivity contribution in [3.8, 4) is 18.2 Å². The molecular weight excluding hydrogens is 362 g/mol. The summed E-state index contributed by atoms with van der Waals surface area (Å²) in [6.45, 7) is 5.03. The maximum Gasteiger partial charge on any atom is 0.243 e. The molecule has 2 rings (SSSR count). The highest BCUT2D eigenvalue weighted by molar-refractivity contribution is 8.04. The minimum absolute atomic E-state index is 0.283. The highest BCUT2D eigenvalue weighted by Crippen LogP contribution is 2.42. The number of hydrogen-bond acceptors (Lipinski definition) is 6. The summed E-state index contributed by atoms with van der Waals surface area (Å²) >= 11 is 1.07. The smallest absolute Gasteiger partial charge is 0.243 e. The number of carbonyl (C=O) groups excluding carboxylic acids is 2. The van der Waals surface area contributed by atoms with E-state index in [1.54, 1.807) is 20.8 Å². The number of nitrogens with one attached hydrogen (secondary N) is 2. The summed E-state index contributed by atoms with van der Waals surface area (Å²) in [5, 5.41) is 33.5. The molecule has 0 saturated heterocycles. The molecule has 1 fully saturated rings. The van der Waals surface area contributed by atoms with E-state index >= 15 is 0 Å². The van der Waals surface area contributed by atoms with Gasteiger partial charge in [0.1, 0.15) is 11.5 Å². The van der Waals surface area contributed by atoms with Gasteiger partial charge in [-0.2, -0.15) is 15.8 Å². The zero-order valence-corrected chi connectivity index (χ0v) is 16.6. The molecule has 2 amide bonds. The lowest BCUT2D eigenvalue weighted by Crippen LogP contribution is -2.51. The monoisotopic (exact) mass is 385 g/mol. The van der Waals surface area contributed by atoms with Gasteiger partial charge in [0.25, 0.3) is 0 Å². The minimum Gasteiger partial charge on any atom is -0.337 e. The lowest BCUT2D eigenvalue weighted by atomic mass is 9.72. The second kappa shape index (κ2) is 8.03. The Balaban J connectivity index is 2.19. The van der Waals surface area contributed by atoms with Gasteiger partial charge in [-0.15, -0.1) is 0 Å². The second-order valence-electron chi connectivity index (χ2n) is 7.59. The summed E-state index contributed by atoms with van der Waals surface area (Å²) in [4.78, 5) is 24.9. The fraction of sp³-hybridized carbons (Fsp3) is 0.632. The molecule has 0 bridgehead atoms. The summed E-state index contributed by atoms with van der Waals surface area (Å²) in [7, 11) is 0. The van der Waals surface area contributed by atoms with Gasteiger partial charge >= 0.3 is 0 Å². The van der Waals surface area contributed by atoms with Gasteiger partial charge in [0, 0.05) is 5.41 Å². The molecule has 0 aromatic carbocycles. The van der Waals surface area contributed by atoms with Crippen LogP contribution in [-0.2, 0) is 9.59 Å². The van der Waals surface area contributed by atoms with Crippen LogP contribution in [0.2, 0.25) is 0 Å². The van der Waals surface area contributed by atoms with Gasteiger partial charge in [-0.05, 0) is 19.8 Å². The van der Waals surface area contributed by atoms with Gasteiger partial charge in [0.2, 0.25) is 11.8 Å². The van der Waals surface area contributed by atoms with Crippen LogP contribution in [0.3, 0.4) is 0 Å². The third kappa shape index (κ3) is 4.10. The molecule has 1 saturated carbocycles. The summed E-state index contributed by atoms with van der Waals surface area (Å²) in [6, 6.07) is 6.28. The van der Waals surface area contributed by atoms with E-state index in [-0.39, 0.29) is 11.5 Å². The van der Waals surface area contributed by atoms with E-state index in [4.69, 9.17) is 0 Å². The molecule has 0 spiro atoms. The van der Waals surface area contributed by atoms with Gasteiger partial charge in [-0.3, -0.25) is 9.59 Å². The molecule has 0 aromatic rings. The van der Waals surface area contributed by atoms with Gasteiger partial charge in [0.15, 0.2) is 0 Å². The van der Waals surface area contributed by atoms with Crippen LogP contribution >= 0.6 is 11.8 Å². The van der Waals surface area contributed by atoms with E-state index in [1.165, 1.54) is 0 Å². The van der Waals surface area contributed by atoms with Crippen molar-refractivity contribution in [3.05, 3.63) is 10.6 Å². The zero-order valence-electron chi connectivity index (χ0n) is 15.8. The third-order valence-corrected chi connectivity index (χ3v) is 6.39. The first-order valence-corrected chi connectivity index (χ1v) is 9.84. The Bertz CT molecular complexity index is 790. The van der Waals surface area contributed by atoms with E-state index in [0.29, 0.717) is 17.9 Å². The maximum absolute atomic E-state index is 12.7. The van der Waals surface area contributed by atoms with Crippen LogP contribution in [-0.4, -0.2) is 22.6 Å². The lowest BCUT2D eigenvalue weighted by molar-refractivity contribution is -0.125. The Morgan fingerprint density at radius 2 is 1.89 bits per heavy atom. The number of nitriles is 3. The van der Waals surface area contributed by atoms with E-state index < -0.39 is 28.0 Å². The quantitative estimate of drug-likeness (QED) is 0.764. The van der Waals surface area contributed by atoms with Gasteiger partial charge in [0.05, 0.1) is 34.1 Å². The van der Waals surface area contributed by atoms with Crippen molar-refractivity contribution < 1.29 is 9.59 Å². The van der Waals surface area contributed by atoms with Crippen molar-refractivity contribution in [2.24, 2.45) is 11.3 Å². The fourth-order valence-electron chi connectivity index (χ4n) is 3.50. The number of carbonyl (C=O) groups is 2. The average Bonchev–Trinajstić information content (AvgIpc) is 2.62. The zero-order chi connectivity index (χ0) is 20.2. The number of thioether (sulfide) groups is 1. The minimum atomic E-state index is -0.968. The Morgan fingerprint density at radius 1 is 1.26 bits per heavy atom. The topological polar surface area (TPSA) is 130 Å². The SMILES string of the molecule is C[C@H](SC1=C(C#N)C(C)(C)[C@H](C#N)C(=O)N1)C(=O)NC1(C#N)CCCCC1. The van der Waals surface area contributed by atoms with Crippen LogP contribution in [0.15, 0.2) is 10.6 Å². The largest absolute Gasteiger partial charge is 0.337 e. The molecule has 142 valence electrons. The first-order chi connectivity index (χ1) is 12.7. The summed E-state index contributed by atoms with van der Waals surface area (Å²) < 4.78 is 0. The summed E-state index contributed by atoms with van der Waals surface area (Å²) in [5.74, 6) is -1.75. The third-order valence-electron chi connectivity index (χ3n) is 5.28. The number of hydrogen-bond donors (Lipinski definition) is 2. The molecule has 8 heteroatoms. The molecule has 27 heavy (non-hydrogen) atoms. The first kappa shape index (κ1) is 20.8. The van der Waals surface area contributed by atoms with Crippen molar-refractivity contribution in [2.45, 2.75) is 63.7 Å². The first-order valence-electron chi connectivity index (χ1n) is 8.96. The van der Waals surface area contributed by atoms with Crippen LogP contribution in [0.5, 0.6) is 0 Å². The standard InChI is InChI=1S/C19H23N5O2S/c1-12(15(25)24-19(11-22)7-5-4-6-8-19)27-17-14(10-21)18(2,3)13(9-20)16(26)23-17/h12-13H,4-8H2,1-3H3,(H,23,26)(H,24,25)/t12-,13+/m0/s1. The van der Waals surface area contributed by atoms with Gasteiger partial charge in [-0.1, -0.05) is 44.9 Å². The van der Waals surface area contributed by atoms with Crippen LogP contribution in [0, 0.1) is 45.3 Å². The molecule has 0 aromatic heterocycles. The van der Waals surface area contributed by atoms with E-state index in [2.05, 4.69) is 22.8 Å². The lowest BCUT2D eigenvalue weighted by Gasteiger charge is -2.35. The van der Waals surface area contributed by atoms with E-state index in [0.717, 1.165) is 31.0 Å². The molecule has 0 radical (unpaired) electrons. The molecule has 0 unspecified atom stereocenters. The van der Waals surface area contributed by atoms with E-state index in [1.807, 2.05) is 6.07 Å². The van der Waals surface area contributed by atoms with Crippen LogP contribution < -0.4 is 10.6 Å². The normalized spacial score (nSPS) is 24.6. The van der Waals surface area contributed by atoms with Gasteiger partial charge < -0.3 is 10.6 Å². The van der Waals surface area contributed by atoms with Crippen LogP contribution in [0.1, 0.15) is 52.9 Å². The number of allylic oxidation sites excluding steroid dienone is 1. The Morgan fingerprint density at radius 3 is 2.41 bits per heavy atom. The van der Waals surface area contributed by atoms with Crippen molar-refractivity contribution >= 4 is 23.6 Å². The molecular formula is C19H23N5O2S. The van der Waals surface area contributed by atoms with Crippen molar-refractivity contribution in [3.63, 3.8) is 0 Å². The summed E-state index contributed by atoms with van der Waals surface area (Å²) in [6.07, 6.45) is 4.12. The average molecular weight is 385 g/mol. The molecule has 7 nitrogen and oxygen atoms in total. The number of amides is 2. The molecule has 1 aliphatic heterocycles. The number of nitrogens with zero attached hydrogens (tertiary/aromatic N) is 3. The molecule has 2 atom stereocenters. The second-order valence-corrected chi connectivity index (χ2v) is 8.94. The van der Waals surface area contributed by atoms with Gasteiger partial charge in [-0.25, -0.2) is 0 Å². The fourth-order valence-corrected chi connectivity index (χ4v) is 4.61. The highest BCUT2D eigenvalue weighted by atomic mass is 32.2. The van der Waals surface area contributed by atoms with Crippen LogP contribution in [0.25, 0.3) is 0 Å². The molecule has 1 heterocycles. The van der Waals surface area contributed by atoms with Crippen molar-refractivity contribution in [2.75, 3.05) is 0 Å². The van der Waals surface area contributed by atoms with Crippen molar-refractivity contribution in [1.29, 1.82) is 15.8 Å². The Hall–Kier alpha value is -2.50.